The molecule has 0 radical (unpaired) electrons. The second-order valence-electron chi connectivity index (χ2n) is 4.20. The highest BCUT2D eigenvalue weighted by molar-refractivity contribution is 5.85. The third kappa shape index (κ3) is 2.48. The summed E-state index contributed by atoms with van der Waals surface area (Å²) in [6.45, 7) is 2.60. The van der Waals surface area contributed by atoms with E-state index in [1.165, 1.54) is 25.3 Å². The fraction of sp³-hybridized carbons (Fsp3) is 0.545. The van der Waals surface area contributed by atoms with Crippen molar-refractivity contribution in [1.29, 1.82) is 0 Å². The lowest BCUT2D eigenvalue weighted by Gasteiger charge is -2.25. The Kier molecular flexibility index (Phi) is 3.03. The number of rotatable bonds is 4. The molecule has 86 valence electrons. The van der Waals surface area contributed by atoms with Gasteiger partial charge in [-0.3, -0.25) is 0 Å². The number of aromatic nitrogens is 2. The van der Waals surface area contributed by atoms with Crippen molar-refractivity contribution < 1.29 is 9.90 Å². The van der Waals surface area contributed by atoms with Crippen LogP contribution >= 0.6 is 0 Å². The topological polar surface area (TPSA) is 75.1 Å². The molecule has 2 N–H and O–H groups in total. The number of carboxylic acids is 1. The Bertz CT molecular complexity index is 402. The molecule has 1 fully saturated rings. The summed E-state index contributed by atoms with van der Waals surface area (Å²) < 4.78 is 0. The fourth-order valence-electron chi connectivity index (χ4n) is 1.69. The maximum atomic E-state index is 10.8. The van der Waals surface area contributed by atoms with Gasteiger partial charge >= 0.3 is 5.97 Å². The van der Waals surface area contributed by atoms with Gasteiger partial charge in [0.05, 0.1) is 0 Å². The first-order valence-electron chi connectivity index (χ1n) is 5.48. The summed E-state index contributed by atoms with van der Waals surface area (Å²) in [5.41, 5.74) is 0.715. The van der Waals surface area contributed by atoms with Crippen molar-refractivity contribution in [3.63, 3.8) is 0 Å². The molecule has 2 rings (SSSR count). The third-order valence-corrected chi connectivity index (χ3v) is 2.85. The van der Waals surface area contributed by atoms with E-state index in [2.05, 4.69) is 15.3 Å². The van der Waals surface area contributed by atoms with Crippen LogP contribution in [0.4, 0.5) is 5.95 Å². The first-order chi connectivity index (χ1) is 7.65. The summed E-state index contributed by atoms with van der Waals surface area (Å²) in [5, 5.41) is 11.9. The van der Waals surface area contributed by atoms with Crippen LogP contribution in [-0.4, -0.2) is 27.6 Å². The van der Waals surface area contributed by atoms with E-state index >= 15 is 0 Å². The average Bonchev–Trinajstić information content (AvgIpc) is 2.14. The molecule has 0 aromatic carbocycles. The molecule has 0 spiro atoms. The molecule has 1 aliphatic carbocycles. The number of hydrogen-bond donors (Lipinski definition) is 2. The van der Waals surface area contributed by atoms with Gasteiger partial charge in [0.2, 0.25) is 5.95 Å². The third-order valence-electron chi connectivity index (χ3n) is 2.85. The molecular weight excluding hydrogens is 206 g/mol. The predicted octanol–water partition coefficient (Wildman–Crippen LogP) is 1.70. The first-order valence-corrected chi connectivity index (χ1v) is 5.48. The van der Waals surface area contributed by atoms with Gasteiger partial charge in [-0.05, 0) is 31.7 Å². The van der Waals surface area contributed by atoms with E-state index in [-0.39, 0.29) is 5.69 Å². The quantitative estimate of drug-likeness (QED) is 0.809. The molecule has 1 aromatic rings. The van der Waals surface area contributed by atoms with Gasteiger partial charge in [-0.2, -0.15) is 0 Å². The fourth-order valence-corrected chi connectivity index (χ4v) is 1.69. The molecule has 0 aliphatic heterocycles. The lowest BCUT2D eigenvalue weighted by Crippen LogP contribution is -2.22. The zero-order valence-electron chi connectivity index (χ0n) is 9.23. The molecule has 1 saturated carbocycles. The van der Waals surface area contributed by atoms with Crippen molar-refractivity contribution in [2.45, 2.75) is 26.2 Å². The van der Waals surface area contributed by atoms with Gasteiger partial charge in [0.15, 0.2) is 5.69 Å². The van der Waals surface area contributed by atoms with Crippen LogP contribution in [0, 0.1) is 12.8 Å². The van der Waals surface area contributed by atoms with E-state index in [4.69, 9.17) is 5.11 Å². The molecule has 0 unspecified atom stereocenters. The highest BCUT2D eigenvalue weighted by Crippen LogP contribution is 2.26. The van der Waals surface area contributed by atoms with E-state index in [9.17, 15) is 4.79 Å². The van der Waals surface area contributed by atoms with Crippen molar-refractivity contribution in [2.75, 3.05) is 11.9 Å². The van der Waals surface area contributed by atoms with Crippen LogP contribution in [0.5, 0.6) is 0 Å². The molecule has 0 bridgehead atoms. The number of hydrogen-bond acceptors (Lipinski definition) is 4. The lowest BCUT2D eigenvalue weighted by molar-refractivity contribution is 0.0690. The normalized spacial score (nSPS) is 15.6. The SMILES string of the molecule is Cc1cc(C(=O)O)nc(NCC2CCC2)n1. The number of nitrogens with one attached hydrogen (secondary N) is 1. The van der Waals surface area contributed by atoms with Crippen LogP contribution in [0.3, 0.4) is 0 Å². The van der Waals surface area contributed by atoms with Crippen LogP contribution < -0.4 is 5.32 Å². The zero-order valence-corrected chi connectivity index (χ0v) is 9.23. The van der Waals surface area contributed by atoms with Crippen LogP contribution in [0.15, 0.2) is 6.07 Å². The Morgan fingerprint density at radius 3 is 2.88 bits per heavy atom. The van der Waals surface area contributed by atoms with Crippen LogP contribution in [0.2, 0.25) is 0 Å². The highest BCUT2D eigenvalue weighted by atomic mass is 16.4. The van der Waals surface area contributed by atoms with Crippen molar-refractivity contribution in [3.8, 4) is 0 Å². The monoisotopic (exact) mass is 221 g/mol. The minimum absolute atomic E-state index is 0.0450. The summed E-state index contributed by atoms with van der Waals surface area (Å²) in [6, 6.07) is 1.47. The molecule has 1 aliphatic rings. The number of nitrogens with zero attached hydrogens (tertiary/aromatic N) is 2. The van der Waals surface area contributed by atoms with Crippen LogP contribution in [0.25, 0.3) is 0 Å². The Morgan fingerprint density at radius 2 is 2.31 bits per heavy atom. The van der Waals surface area contributed by atoms with E-state index < -0.39 is 5.97 Å². The van der Waals surface area contributed by atoms with Crippen molar-refractivity contribution in [3.05, 3.63) is 17.5 Å². The summed E-state index contributed by atoms with van der Waals surface area (Å²) in [5.74, 6) is 0.0962. The van der Waals surface area contributed by atoms with Gasteiger partial charge in [-0.25, -0.2) is 14.8 Å². The number of aromatic carboxylic acids is 1. The van der Waals surface area contributed by atoms with Crippen LogP contribution in [0.1, 0.15) is 35.4 Å². The smallest absolute Gasteiger partial charge is 0.354 e. The standard InChI is InChI=1S/C11H15N3O2/c1-7-5-9(10(15)16)14-11(13-7)12-6-8-3-2-4-8/h5,8H,2-4,6H2,1H3,(H,15,16)(H,12,13,14). The second-order valence-corrected chi connectivity index (χ2v) is 4.20. The zero-order chi connectivity index (χ0) is 11.5. The number of carboxylic acid groups (broad SMARTS) is 1. The Morgan fingerprint density at radius 1 is 1.56 bits per heavy atom. The van der Waals surface area contributed by atoms with E-state index in [1.807, 2.05) is 0 Å². The summed E-state index contributed by atoms with van der Waals surface area (Å²) in [7, 11) is 0. The largest absolute Gasteiger partial charge is 0.477 e. The first kappa shape index (κ1) is 10.9. The number of carbonyl (C=O) groups is 1. The minimum atomic E-state index is -1.02. The molecule has 5 heteroatoms. The Balaban J connectivity index is 2.04. The van der Waals surface area contributed by atoms with Gasteiger partial charge in [0, 0.05) is 12.2 Å². The lowest BCUT2D eigenvalue weighted by atomic mass is 9.85. The molecule has 0 saturated heterocycles. The average molecular weight is 221 g/mol. The van der Waals surface area contributed by atoms with Gasteiger partial charge in [0.25, 0.3) is 0 Å². The Labute approximate surface area is 93.9 Å². The van der Waals surface area contributed by atoms with Gasteiger partial charge < -0.3 is 10.4 Å². The second kappa shape index (κ2) is 4.47. The molecule has 5 nitrogen and oxygen atoms in total. The molecule has 0 atom stereocenters. The molecule has 1 aromatic heterocycles. The van der Waals surface area contributed by atoms with Crippen molar-refractivity contribution in [1.82, 2.24) is 9.97 Å². The predicted molar refractivity (Wildman–Crippen MR) is 59.6 cm³/mol. The van der Waals surface area contributed by atoms with Crippen molar-refractivity contribution >= 4 is 11.9 Å². The maximum absolute atomic E-state index is 10.8. The molecule has 0 amide bonds. The number of aryl methyl sites for hydroxylation is 1. The molecular formula is C11H15N3O2. The summed E-state index contributed by atoms with van der Waals surface area (Å²) in [4.78, 5) is 18.9. The van der Waals surface area contributed by atoms with E-state index in [0.717, 1.165) is 6.54 Å². The van der Waals surface area contributed by atoms with E-state index in [1.54, 1.807) is 6.92 Å². The van der Waals surface area contributed by atoms with Gasteiger partial charge in [0.1, 0.15) is 0 Å². The van der Waals surface area contributed by atoms with E-state index in [0.29, 0.717) is 17.6 Å². The highest BCUT2D eigenvalue weighted by Gasteiger charge is 2.17. The maximum Gasteiger partial charge on any atom is 0.354 e. The number of anilines is 1. The van der Waals surface area contributed by atoms with Crippen LogP contribution in [-0.2, 0) is 0 Å². The molecule has 1 heterocycles. The Hall–Kier alpha value is -1.65. The summed E-state index contributed by atoms with van der Waals surface area (Å²) in [6.07, 6.45) is 3.77. The minimum Gasteiger partial charge on any atom is -0.477 e. The van der Waals surface area contributed by atoms with Gasteiger partial charge in [-0.1, -0.05) is 6.42 Å². The van der Waals surface area contributed by atoms with Crippen molar-refractivity contribution in [2.24, 2.45) is 5.92 Å². The summed E-state index contributed by atoms with van der Waals surface area (Å²) >= 11 is 0. The molecule has 16 heavy (non-hydrogen) atoms. The van der Waals surface area contributed by atoms with Gasteiger partial charge in [-0.15, -0.1) is 0 Å².